The number of aromatic hydroxyl groups is 1. The average molecular weight is 325 g/mol. The lowest BCUT2D eigenvalue weighted by Gasteiger charge is -2.28. The Morgan fingerprint density at radius 3 is 2.38 bits per heavy atom. The molecule has 1 aromatic carbocycles. The van der Waals surface area contributed by atoms with Crippen LogP contribution >= 0.6 is 12.4 Å². The van der Waals surface area contributed by atoms with E-state index in [2.05, 4.69) is 5.32 Å². The van der Waals surface area contributed by atoms with E-state index in [4.69, 9.17) is 10.8 Å². The molecule has 0 aliphatic heterocycles. The number of phenolic OH excluding ortho intramolecular Hbond substituents is 1. The number of hydrogen-bond donors (Lipinski definition) is 3. The van der Waals surface area contributed by atoms with Crippen molar-refractivity contribution in [2.45, 2.75) is 31.2 Å². The maximum Gasteiger partial charge on any atom is 0.254 e. The van der Waals surface area contributed by atoms with Crippen LogP contribution in [0.25, 0.3) is 0 Å². The van der Waals surface area contributed by atoms with E-state index < -0.39 is 40.2 Å². The Balaban J connectivity index is 0.00000220. The molecule has 1 saturated carbocycles. The summed E-state index contributed by atoms with van der Waals surface area (Å²) in [7, 11) is 0. The number of carbonyl (C=O) groups excluding carboxylic acids is 1. The van der Waals surface area contributed by atoms with E-state index in [0.29, 0.717) is 18.9 Å². The van der Waals surface area contributed by atoms with Gasteiger partial charge < -0.3 is 16.2 Å². The predicted octanol–water partition coefficient (Wildman–Crippen LogP) is 2.23. The van der Waals surface area contributed by atoms with E-state index in [9.17, 15) is 18.0 Å². The molecule has 1 aromatic rings. The molecular formula is C13H16ClF3N2O2. The second kappa shape index (κ2) is 6.53. The highest BCUT2D eigenvalue weighted by atomic mass is 35.5. The quantitative estimate of drug-likeness (QED) is 0.746. The van der Waals surface area contributed by atoms with Crippen LogP contribution < -0.4 is 11.1 Å². The van der Waals surface area contributed by atoms with Crippen LogP contribution in [0.15, 0.2) is 6.07 Å². The fourth-order valence-corrected chi connectivity index (χ4v) is 2.50. The molecule has 2 rings (SSSR count). The summed E-state index contributed by atoms with van der Waals surface area (Å²) in [6, 6.07) is 0.429. The van der Waals surface area contributed by atoms with Crippen LogP contribution in [0, 0.1) is 17.5 Å². The van der Waals surface area contributed by atoms with Crippen molar-refractivity contribution in [3.63, 3.8) is 0 Å². The van der Waals surface area contributed by atoms with Crippen molar-refractivity contribution >= 4 is 18.3 Å². The van der Waals surface area contributed by atoms with Crippen LogP contribution in [0.5, 0.6) is 5.75 Å². The number of nitrogens with two attached hydrogens (primary N) is 1. The zero-order valence-electron chi connectivity index (χ0n) is 11.1. The number of rotatable bonds is 3. The average Bonchev–Trinajstić information content (AvgIpc) is 2.89. The Bertz CT molecular complexity index is 549. The first-order valence-electron chi connectivity index (χ1n) is 6.29. The zero-order chi connectivity index (χ0) is 14.9. The minimum Gasteiger partial charge on any atom is -0.503 e. The molecule has 1 amide bonds. The maximum absolute atomic E-state index is 13.6. The second-order valence-corrected chi connectivity index (χ2v) is 5.03. The molecule has 0 heterocycles. The normalized spacial score (nSPS) is 16.4. The number of amides is 1. The van der Waals surface area contributed by atoms with Gasteiger partial charge in [0, 0.05) is 6.54 Å². The van der Waals surface area contributed by atoms with E-state index >= 15 is 0 Å². The molecule has 4 nitrogen and oxygen atoms in total. The fraction of sp³-hybridized carbons (Fsp3) is 0.462. The van der Waals surface area contributed by atoms with Crippen molar-refractivity contribution in [3.05, 3.63) is 29.1 Å². The van der Waals surface area contributed by atoms with Crippen LogP contribution in [0.3, 0.4) is 0 Å². The third-order valence-corrected chi connectivity index (χ3v) is 3.71. The summed E-state index contributed by atoms with van der Waals surface area (Å²) in [5, 5.41) is 11.7. The molecular weight excluding hydrogens is 309 g/mol. The third-order valence-electron chi connectivity index (χ3n) is 3.71. The summed E-state index contributed by atoms with van der Waals surface area (Å²) < 4.78 is 39.8. The van der Waals surface area contributed by atoms with Crippen molar-refractivity contribution in [3.8, 4) is 5.75 Å². The van der Waals surface area contributed by atoms with E-state index in [-0.39, 0.29) is 19.0 Å². The van der Waals surface area contributed by atoms with Gasteiger partial charge in [0.25, 0.3) is 5.91 Å². The molecule has 21 heavy (non-hydrogen) atoms. The van der Waals surface area contributed by atoms with Gasteiger partial charge in [-0.3, -0.25) is 4.79 Å². The van der Waals surface area contributed by atoms with Crippen molar-refractivity contribution < 1.29 is 23.1 Å². The van der Waals surface area contributed by atoms with Gasteiger partial charge in [0.1, 0.15) is 0 Å². The van der Waals surface area contributed by atoms with Gasteiger partial charge in [-0.05, 0) is 18.9 Å². The first-order valence-corrected chi connectivity index (χ1v) is 6.29. The lowest BCUT2D eigenvalue weighted by molar-refractivity contribution is 0.0897. The predicted molar refractivity (Wildman–Crippen MR) is 72.9 cm³/mol. The van der Waals surface area contributed by atoms with Crippen molar-refractivity contribution in [2.75, 3.05) is 6.54 Å². The topological polar surface area (TPSA) is 75.3 Å². The number of nitrogens with one attached hydrogen (secondary N) is 1. The van der Waals surface area contributed by atoms with Gasteiger partial charge in [-0.1, -0.05) is 12.8 Å². The third kappa shape index (κ3) is 3.24. The maximum atomic E-state index is 13.6. The molecule has 0 bridgehead atoms. The van der Waals surface area contributed by atoms with Gasteiger partial charge in [-0.2, -0.15) is 4.39 Å². The van der Waals surface area contributed by atoms with Crippen molar-refractivity contribution in [2.24, 2.45) is 5.73 Å². The smallest absolute Gasteiger partial charge is 0.254 e. The molecule has 0 spiro atoms. The molecule has 0 aromatic heterocycles. The molecule has 8 heteroatoms. The second-order valence-electron chi connectivity index (χ2n) is 5.03. The Kier molecular flexibility index (Phi) is 5.47. The summed E-state index contributed by atoms with van der Waals surface area (Å²) in [5.41, 5.74) is 4.24. The largest absolute Gasteiger partial charge is 0.503 e. The molecule has 0 saturated heterocycles. The van der Waals surface area contributed by atoms with Crippen molar-refractivity contribution in [1.29, 1.82) is 0 Å². The fourth-order valence-electron chi connectivity index (χ4n) is 2.50. The highest BCUT2D eigenvalue weighted by Crippen LogP contribution is 2.30. The molecule has 1 aliphatic rings. The summed E-state index contributed by atoms with van der Waals surface area (Å²) in [6.45, 7) is 0.177. The molecule has 0 atom stereocenters. The van der Waals surface area contributed by atoms with Gasteiger partial charge in [-0.25, -0.2) is 8.78 Å². The van der Waals surface area contributed by atoms with Crippen LogP contribution in [-0.4, -0.2) is 23.1 Å². The lowest BCUT2D eigenvalue weighted by Crippen LogP contribution is -2.51. The first-order chi connectivity index (χ1) is 9.40. The van der Waals surface area contributed by atoms with E-state index in [1.54, 1.807) is 0 Å². The highest BCUT2D eigenvalue weighted by Gasteiger charge is 2.35. The van der Waals surface area contributed by atoms with Gasteiger partial charge in [0.2, 0.25) is 5.82 Å². The van der Waals surface area contributed by atoms with Gasteiger partial charge in [0.15, 0.2) is 17.4 Å². The van der Waals surface area contributed by atoms with E-state index in [0.717, 1.165) is 12.8 Å². The van der Waals surface area contributed by atoms with Gasteiger partial charge in [-0.15, -0.1) is 12.4 Å². The number of hydrogen-bond acceptors (Lipinski definition) is 3. The summed E-state index contributed by atoms with van der Waals surface area (Å²) in [6.07, 6.45) is 3.05. The van der Waals surface area contributed by atoms with Crippen LogP contribution in [0.2, 0.25) is 0 Å². The standard InChI is InChI=1S/C13H15F3N2O2.ClH/c14-8-5-7(9(15)11(19)10(8)16)12(20)18-13(6-17)3-1-2-4-13;/h5,19H,1-4,6,17H2,(H,18,20);1H. The number of halogens is 4. The summed E-state index contributed by atoms with van der Waals surface area (Å²) >= 11 is 0. The minimum atomic E-state index is -1.71. The van der Waals surface area contributed by atoms with E-state index in [1.165, 1.54) is 0 Å². The lowest BCUT2D eigenvalue weighted by atomic mass is 9.97. The summed E-state index contributed by atoms with van der Waals surface area (Å²) in [5.74, 6) is -7.09. The first kappa shape index (κ1) is 17.6. The minimum absolute atomic E-state index is 0. The molecule has 0 unspecified atom stereocenters. The van der Waals surface area contributed by atoms with Crippen LogP contribution in [0.4, 0.5) is 13.2 Å². The number of phenols is 1. The number of carbonyl (C=O) groups is 1. The molecule has 0 radical (unpaired) electrons. The molecule has 1 fully saturated rings. The number of benzene rings is 1. The van der Waals surface area contributed by atoms with Crippen LogP contribution in [0.1, 0.15) is 36.0 Å². The SMILES string of the molecule is Cl.NCC1(NC(=O)c2cc(F)c(F)c(O)c2F)CCCC1. The van der Waals surface area contributed by atoms with Crippen LogP contribution in [-0.2, 0) is 0 Å². The Hall–Kier alpha value is -1.47. The molecule has 118 valence electrons. The highest BCUT2D eigenvalue weighted by molar-refractivity contribution is 5.95. The van der Waals surface area contributed by atoms with E-state index in [1.807, 2.05) is 0 Å². The van der Waals surface area contributed by atoms with Gasteiger partial charge >= 0.3 is 0 Å². The molecule has 1 aliphatic carbocycles. The van der Waals surface area contributed by atoms with Crippen molar-refractivity contribution in [1.82, 2.24) is 5.32 Å². The van der Waals surface area contributed by atoms with Gasteiger partial charge in [0.05, 0.1) is 11.1 Å². The Labute approximate surface area is 125 Å². The molecule has 4 N–H and O–H groups in total. The zero-order valence-corrected chi connectivity index (χ0v) is 11.9. The Morgan fingerprint density at radius 1 is 1.29 bits per heavy atom. The summed E-state index contributed by atoms with van der Waals surface area (Å²) in [4.78, 5) is 12.0. The Morgan fingerprint density at radius 2 is 1.86 bits per heavy atom. The monoisotopic (exact) mass is 324 g/mol.